The van der Waals surface area contributed by atoms with E-state index in [-0.39, 0.29) is 0 Å². The van der Waals surface area contributed by atoms with Gasteiger partial charge in [0.2, 0.25) is 0 Å². The quantitative estimate of drug-likeness (QED) is 0.567. The maximum Gasteiger partial charge on any atom is 0.0593 e. The monoisotopic (exact) mass is 187 g/mol. The highest BCUT2D eigenvalue weighted by atomic mass is 16.5. The van der Waals surface area contributed by atoms with Crippen molar-refractivity contribution in [2.75, 3.05) is 26.3 Å². The Bertz CT molecular complexity index is 115. The highest BCUT2D eigenvalue weighted by molar-refractivity contribution is 4.68. The van der Waals surface area contributed by atoms with E-state index in [2.05, 4.69) is 32.6 Å². The minimum atomic E-state index is 0.658. The van der Waals surface area contributed by atoms with Crippen LogP contribution < -0.4 is 0 Å². The van der Waals surface area contributed by atoms with Crippen molar-refractivity contribution in [1.82, 2.24) is 4.90 Å². The molecule has 0 amide bonds. The summed E-state index contributed by atoms with van der Waals surface area (Å²) in [6.07, 6.45) is 0. The van der Waals surface area contributed by atoms with Crippen LogP contribution in [0.3, 0.4) is 0 Å². The van der Waals surface area contributed by atoms with E-state index >= 15 is 0 Å². The van der Waals surface area contributed by atoms with Crippen molar-refractivity contribution in [3.63, 3.8) is 0 Å². The highest BCUT2D eigenvalue weighted by Crippen LogP contribution is 2.09. The Morgan fingerprint density at radius 1 is 1.15 bits per heavy atom. The van der Waals surface area contributed by atoms with E-state index in [0.29, 0.717) is 6.04 Å². The first-order valence-corrected chi connectivity index (χ1v) is 5.45. The summed E-state index contributed by atoms with van der Waals surface area (Å²) in [5.74, 6) is 0.724. The fourth-order valence-electron chi connectivity index (χ4n) is 1.40. The largest absolute Gasteiger partial charge is 0.380 e. The average molecular weight is 187 g/mol. The summed E-state index contributed by atoms with van der Waals surface area (Å²) in [5.41, 5.74) is 0. The topological polar surface area (TPSA) is 12.5 Å². The molecule has 2 heteroatoms. The summed E-state index contributed by atoms with van der Waals surface area (Å²) in [6, 6.07) is 0.658. The van der Waals surface area contributed by atoms with Crippen molar-refractivity contribution in [3.8, 4) is 0 Å². The van der Waals surface area contributed by atoms with E-state index in [1.807, 2.05) is 6.92 Å². The number of likely N-dealkylation sites (N-methyl/N-ethyl adjacent to an activating group) is 1. The van der Waals surface area contributed by atoms with Gasteiger partial charge in [-0.25, -0.2) is 0 Å². The number of hydrogen-bond donors (Lipinski definition) is 0. The van der Waals surface area contributed by atoms with Crippen LogP contribution in [0, 0.1) is 5.92 Å². The van der Waals surface area contributed by atoms with Crippen LogP contribution in [0.4, 0.5) is 0 Å². The predicted octanol–water partition coefficient (Wildman–Crippen LogP) is 2.39. The van der Waals surface area contributed by atoms with E-state index in [1.165, 1.54) is 0 Å². The molecule has 80 valence electrons. The molecule has 0 rings (SSSR count). The van der Waals surface area contributed by atoms with Crippen molar-refractivity contribution < 1.29 is 4.74 Å². The Morgan fingerprint density at radius 2 is 1.77 bits per heavy atom. The van der Waals surface area contributed by atoms with Gasteiger partial charge in [0.15, 0.2) is 0 Å². The van der Waals surface area contributed by atoms with Gasteiger partial charge in [-0.1, -0.05) is 20.8 Å². The lowest BCUT2D eigenvalue weighted by Gasteiger charge is -2.30. The van der Waals surface area contributed by atoms with Gasteiger partial charge >= 0.3 is 0 Å². The molecule has 0 aromatic carbocycles. The molecule has 0 saturated carbocycles. The molecule has 1 unspecified atom stereocenters. The number of rotatable bonds is 7. The van der Waals surface area contributed by atoms with Gasteiger partial charge in [0.25, 0.3) is 0 Å². The Labute approximate surface area is 83.3 Å². The molecular weight excluding hydrogens is 162 g/mol. The normalized spacial score (nSPS) is 14.1. The molecule has 0 aromatic heterocycles. The van der Waals surface area contributed by atoms with Crippen LogP contribution in [0.25, 0.3) is 0 Å². The Hall–Kier alpha value is -0.0800. The molecule has 0 aliphatic rings. The van der Waals surface area contributed by atoms with Gasteiger partial charge in [0, 0.05) is 19.2 Å². The Balaban J connectivity index is 3.73. The summed E-state index contributed by atoms with van der Waals surface area (Å²) >= 11 is 0. The smallest absolute Gasteiger partial charge is 0.0593 e. The van der Waals surface area contributed by atoms with Gasteiger partial charge in [0.1, 0.15) is 0 Å². The van der Waals surface area contributed by atoms with Gasteiger partial charge in [-0.2, -0.15) is 0 Å². The van der Waals surface area contributed by atoms with Crippen molar-refractivity contribution in [1.29, 1.82) is 0 Å². The third-order valence-electron chi connectivity index (χ3n) is 2.67. The van der Waals surface area contributed by atoms with E-state index in [4.69, 9.17) is 4.74 Å². The van der Waals surface area contributed by atoms with E-state index in [0.717, 1.165) is 32.2 Å². The summed E-state index contributed by atoms with van der Waals surface area (Å²) in [6.45, 7) is 15.0. The van der Waals surface area contributed by atoms with Gasteiger partial charge in [-0.3, -0.25) is 4.90 Å². The second-order valence-corrected chi connectivity index (χ2v) is 3.81. The maximum atomic E-state index is 5.35. The number of nitrogens with zero attached hydrogens (tertiary/aromatic N) is 1. The van der Waals surface area contributed by atoms with E-state index < -0.39 is 0 Å². The van der Waals surface area contributed by atoms with Crippen LogP contribution in [-0.4, -0.2) is 37.2 Å². The molecule has 13 heavy (non-hydrogen) atoms. The van der Waals surface area contributed by atoms with Crippen LogP contribution in [0.2, 0.25) is 0 Å². The third kappa shape index (κ3) is 5.27. The SMILES string of the molecule is CCOCCN(CC)C(C)C(C)C. The lowest BCUT2D eigenvalue weighted by atomic mass is 10.1. The van der Waals surface area contributed by atoms with Crippen LogP contribution in [0.15, 0.2) is 0 Å². The zero-order valence-electron chi connectivity index (χ0n) is 9.84. The Morgan fingerprint density at radius 3 is 2.15 bits per heavy atom. The fourth-order valence-corrected chi connectivity index (χ4v) is 1.40. The first-order chi connectivity index (χ1) is 6.13. The molecule has 0 aliphatic carbocycles. The maximum absolute atomic E-state index is 5.35. The third-order valence-corrected chi connectivity index (χ3v) is 2.67. The minimum Gasteiger partial charge on any atom is -0.380 e. The van der Waals surface area contributed by atoms with Crippen LogP contribution in [0.5, 0.6) is 0 Å². The molecule has 0 fully saturated rings. The van der Waals surface area contributed by atoms with E-state index in [1.54, 1.807) is 0 Å². The molecule has 0 spiro atoms. The summed E-state index contributed by atoms with van der Waals surface area (Å²) in [5, 5.41) is 0. The second kappa shape index (κ2) is 7.34. The molecule has 0 bridgehead atoms. The lowest BCUT2D eigenvalue weighted by Crippen LogP contribution is -2.38. The van der Waals surface area contributed by atoms with Crippen molar-refractivity contribution in [3.05, 3.63) is 0 Å². The van der Waals surface area contributed by atoms with Crippen LogP contribution >= 0.6 is 0 Å². The molecule has 0 aliphatic heterocycles. The lowest BCUT2D eigenvalue weighted by molar-refractivity contribution is 0.0892. The standard InChI is InChI=1S/C11H25NO/c1-6-12(8-9-13-7-2)11(5)10(3)4/h10-11H,6-9H2,1-5H3. The summed E-state index contributed by atoms with van der Waals surface area (Å²) in [4.78, 5) is 2.47. The van der Waals surface area contributed by atoms with Crippen molar-refractivity contribution in [2.24, 2.45) is 5.92 Å². The molecule has 0 heterocycles. The van der Waals surface area contributed by atoms with Gasteiger partial charge in [0.05, 0.1) is 6.61 Å². The summed E-state index contributed by atoms with van der Waals surface area (Å²) in [7, 11) is 0. The zero-order valence-corrected chi connectivity index (χ0v) is 9.84. The number of ether oxygens (including phenoxy) is 1. The molecule has 0 N–H and O–H groups in total. The molecular formula is C11H25NO. The fraction of sp³-hybridized carbons (Fsp3) is 1.00. The highest BCUT2D eigenvalue weighted by Gasteiger charge is 2.14. The van der Waals surface area contributed by atoms with Crippen molar-refractivity contribution >= 4 is 0 Å². The zero-order chi connectivity index (χ0) is 10.3. The molecule has 1 atom stereocenters. The molecule has 0 radical (unpaired) electrons. The Kier molecular flexibility index (Phi) is 7.29. The van der Waals surface area contributed by atoms with Gasteiger partial charge in [-0.15, -0.1) is 0 Å². The van der Waals surface area contributed by atoms with Crippen LogP contribution in [0.1, 0.15) is 34.6 Å². The molecule has 2 nitrogen and oxygen atoms in total. The average Bonchev–Trinajstić information content (AvgIpc) is 2.11. The summed E-state index contributed by atoms with van der Waals surface area (Å²) < 4.78 is 5.35. The number of hydrogen-bond acceptors (Lipinski definition) is 2. The minimum absolute atomic E-state index is 0.658. The van der Waals surface area contributed by atoms with Gasteiger partial charge in [-0.05, 0) is 26.3 Å². The first-order valence-electron chi connectivity index (χ1n) is 5.45. The predicted molar refractivity (Wildman–Crippen MR) is 58.0 cm³/mol. The molecule has 0 saturated heterocycles. The molecule has 0 aromatic rings. The van der Waals surface area contributed by atoms with Crippen molar-refractivity contribution in [2.45, 2.75) is 40.7 Å². The van der Waals surface area contributed by atoms with E-state index in [9.17, 15) is 0 Å². The first kappa shape index (κ1) is 12.9. The second-order valence-electron chi connectivity index (χ2n) is 3.81. The van der Waals surface area contributed by atoms with Crippen LogP contribution in [-0.2, 0) is 4.74 Å². The van der Waals surface area contributed by atoms with Gasteiger partial charge < -0.3 is 4.74 Å².